The van der Waals surface area contributed by atoms with Crippen LogP contribution in [0, 0.1) is 12.3 Å². The van der Waals surface area contributed by atoms with E-state index in [1.165, 1.54) is 42.8 Å². The first-order valence-electron chi connectivity index (χ1n) is 18.3. The number of nitrogens with zero attached hydrogens (tertiary/aromatic N) is 4. The first kappa shape index (κ1) is 33.3. The first-order chi connectivity index (χ1) is 25.4. The lowest BCUT2D eigenvalue weighted by molar-refractivity contribution is 0.411. The maximum absolute atomic E-state index is 6.63. The van der Waals surface area contributed by atoms with Gasteiger partial charge in [-0.2, -0.15) is 5.10 Å². The fourth-order valence-electron chi connectivity index (χ4n) is 7.66. The Hall–Kier alpha value is -5.59. The molecule has 53 heavy (non-hydrogen) atoms. The molecule has 0 aliphatic rings. The molecule has 0 bridgehead atoms. The lowest BCUT2D eigenvalue weighted by Crippen LogP contribution is -2.12. The average molecular weight is 711 g/mol. The summed E-state index contributed by atoms with van der Waals surface area (Å²) in [4.78, 5) is 4.84. The Balaban J connectivity index is 1.11. The molecule has 6 heteroatoms. The van der Waals surface area contributed by atoms with Crippen LogP contribution < -0.4 is 4.74 Å². The van der Waals surface area contributed by atoms with Gasteiger partial charge in [0, 0.05) is 44.1 Å². The molecule has 0 radical (unpaired) electrons. The van der Waals surface area contributed by atoms with Crippen LogP contribution in [0.2, 0.25) is 0 Å². The minimum absolute atomic E-state index is 0.00304. The number of ether oxygens (including phenoxy) is 1. The van der Waals surface area contributed by atoms with Crippen molar-refractivity contribution in [3.63, 3.8) is 0 Å². The third kappa shape index (κ3) is 6.01. The van der Waals surface area contributed by atoms with Gasteiger partial charge in [-0.05, 0) is 101 Å². The van der Waals surface area contributed by atoms with E-state index in [9.17, 15) is 0 Å². The van der Waals surface area contributed by atoms with Gasteiger partial charge in [-0.3, -0.25) is 4.57 Å². The Morgan fingerprint density at radius 2 is 1.49 bits per heavy atom. The van der Waals surface area contributed by atoms with E-state index < -0.39 is 0 Å². The van der Waals surface area contributed by atoms with Crippen LogP contribution in [-0.4, -0.2) is 19.7 Å². The quantitative estimate of drug-likeness (QED) is 0.178. The molecule has 0 saturated carbocycles. The summed E-state index contributed by atoms with van der Waals surface area (Å²) in [5.74, 6) is 2.39. The van der Waals surface area contributed by atoms with Crippen LogP contribution >= 0.6 is 11.3 Å². The van der Waals surface area contributed by atoms with Crippen molar-refractivity contribution in [1.29, 1.82) is 0 Å². The summed E-state index contributed by atoms with van der Waals surface area (Å²) in [6.45, 7) is 15.6. The van der Waals surface area contributed by atoms with Gasteiger partial charge in [0.25, 0.3) is 0 Å². The van der Waals surface area contributed by atoms with Crippen molar-refractivity contribution in [3.05, 3.63) is 132 Å². The molecule has 0 aliphatic heterocycles. The normalized spacial score (nSPS) is 12.5. The van der Waals surface area contributed by atoms with E-state index >= 15 is 0 Å². The van der Waals surface area contributed by atoms with E-state index in [0.717, 1.165) is 61.8 Å². The van der Waals surface area contributed by atoms with E-state index in [-0.39, 0.29) is 10.8 Å². The summed E-state index contributed by atoms with van der Waals surface area (Å²) >= 11 is 1.79. The van der Waals surface area contributed by atoms with Crippen molar-refractivity contribution in [3.8, 4) is 28.6 Å². The second-order valence-corrected chi connectivity index (χ2v) is 17.6. The molecule has 0 amide bonds. The average Bonchev–Trinajstić information content (AvgIpc) is 3.65. The van der Waals surface area contributed by atoms with Crippen molar-refractivity contribution >= 4 is 64.1 Å². The highest BCUT2D eigenvalue weighted by atomic mass is 32.1. The van der Waals surface area contributed by atoms with Gasteiger partial charge in [0.1, 0.15) is 23.0 Å². The van der Waals surface area contributed by atoms with E-state index in [0.29, 0.717) is 0 Å². The van der Waals surface area contributed by atoms with Gasteiger partial charge >= 0.3 is 0 Å². The van der Waals surface area contributed by atoms with Crippen molar-refractivity contribution in [2.24, 2.45) is 5.41 Å². The molecule has 0 saturated heterocycles. The molecule has 9 aromatic rings. The number of pyridine rings is 1. The Morgan fingerprint density at radius 3 is 2.32 bits per heavy atom. The first-order valence-corrected chi connectivity index (χ1v) is 19.1. The molecule has 0 unspecified atom stereocenters. The SMILES string of the molecule is Cc1nnc(-c2cccc(Oc3ccc4c5ccccc5n(-c5cc(C(C)(C)C)ccn5)c4c3)c2)c2sc3cc4cc(CC(C)(C)C)ccc4cc3c12. The number of aryl methyl sites for hydroxylation is 1. The maximum Gasteiger partial charge on any atom is 0.137 e. The third-order valence-electron chi connectivity index (χ3n) is 10.2. The highest BCUT2D eigenvalue weighted by Crippen LogP contribution is 2.43. The molecule has 0 atom stereocenters. The molecule has 262 valence electrons. The van der Waals surface area contributed by atoms with Gasteiger partial charge in [-0.1, -0.05) is 90.1 Å². The Morgan fingerprint density at radius 1 is 0.679 bits per heavy atom. The topological polar surface area (TPSA) is 52.8 Å². The zero-order valence-corrected chi connectivity index (χ0v) is 32.1. The molecule has 0 N–H and O–H groups in total. The van der Waals surface area contributed by atoms with Crippen LogP contribution in [0.25, 0.3) is 69.8 Å². The second-order valence-electron chi connectivity index (χ2n) is 16.5. The number of aromatic nitrogens is 4. The Labute approximate surface area is 313 Å². The highest BCUT2D eigenvalue weighted by Gasteiger charge is 2.20. The zero-order chi connectivity index (χ0) is 36.6. The fraction of sp³-hybridized carbons (Fsp3) is 0.213. The lowest BCUT2D eigenvalue weighted by atomic mass is 9.87. The van der Waals surface area contributed by atoms with E-state index in [1.54, 1.807) is 11.3 Å². The molecule has 9 rings (SSSR count). The summed E-state index contributed by atoms with van der Waals surface area (Å²) in [6, 6.07) is 38.9. The molecule has 0 spiro atoms. The van der Waals surface area contributed by atoms with Gasteiger partial charge < -0.3 is 4.74 Å². The highest BCUT2D eigenvalue weighted by molar-refractivity contribution is 7.26. The summed E-state index contributed by atoms with van der Waals surface area (Å²) < 4.78 is 11.3. The molecule has 4 heterocycles. The number of benzene rings is 5. The lowest BCUT2D eigenvalue weighted by Gasteiger charge is -2.20. The zero-order valence-electron chi connectivity index (χ0n) is 31.3. The number of hydrogen-bond acceptors (Lipinski definition) is 5. The smallest absolute Gasteiger partial charge is 0.137 e. The number of rotatable bonds is 5. The minimum Gasteiger partial charge on any atom is -0.457 e. The molecule has 5 aromatic carbocycles. The van der Waals surface area contributed by atoms with Crippen LogP contribution in [0.5, 0.6) is 11.5 Å². The van der Waals surface area contributed by atoms with Crippen molar-refractivity contribution in [2.45, 2.75) is 60.3 Å². The van der Waals surface area contributed by atoms with E-state index in [2.05, 4.69) is 155 Å². The molecular weight excluding hydrogens is 669 g/mol. The molecule has 0 fully saturated rings. The monoisotopic (exact) mass is 710 g/mol. The molecule has 0 aliphatic carbocycles. The van der Waals surface area contributed by atoms with Crippen LogP contribution in [0.4, 0.5) is 0 Å². The van der Waals surface area contributed by atoms with Crippen molar-refractivity contribution in [2.75, 3.05) is 0 Å². The van der Waals surface area contributed by atoms with Crippen LogP contribution in [0.15, 0.2) is 115 Å². The summed E-state index contributed by atoms with van der Waals surface area (Å²) in [6.07, 6.45) is 2.96. The molecule has 4 aromatic heterocycles. The summed E-state index contributed by atoms with van der Waals surface area (Å²) in [7, 11) is 0. The standard InChI is InChI=1S/C47H42N4OS/c1-28-43-38-23-30-16-15-29(27-46(2,3)4)21-32(30)24-41(38)53-45(43)44(50-49-28)31-11-10-12-34(22-31)52-35-17-18-37-36-13-8-9-14-39(36)51(40(37)26-35)42-25-33(19-20-48-42)47(5,6)7/h8-26H,27H2,1-7H3. The summed E-state index contributed by atoms with van der Waals surface area (Å²) in [5.41, 5.74) is 7.80. The largest absolute Gasteiger partial charge is 0.457 e. The number of hydrogen-bond donors (Lipinski definition) is 0. The van der Waals surface area contributed by atoms with Crippen molar-refractivity contribution in [1.82, 2.24) is 19.7 Å². The van der Waals surface area contributed by atoms with Gasteiger partial charge in [0.2, 0.25) is 0 Å². The Kier molecular flexibility index (Phi) is 7.68. The number of thiophene rings is 1. The van der Waals surface area contributed by atoms with Gasteiger partial charge in [0.05, 0.1) is 21.4 Å². The maximum atomic E-state index is 6.63. The number of para-hydroxylation sites is 1. The molecule has 5 nitrogen and oxygen atoms in total. The van der Waals surface area contributed by atoms with Gasteiger partial charge in [-0.25, -0.2) is 4.98 Å². The number of fused-ring (bicyclic) bond motifs is 7. The third-order valence-corrected chi connectivity index (χ3v) is 11.3. The second kappa shape index (κ2) is 12.2. The van der Waals surface area contributed by atoms with Crippen molar-refractivity contribution < 1.29 is 4.74 Å². The predicted molar refractivity (Wildman–Crippen MR) is 223 cm³/mol. The van der Waals surface area contributed by atoms with Crippen LogP contribution in [0.1, 0.15) is 58.4 Å². The van der Waals surface area contributed by atoms with Gasteiger partial charge in [-0.15, -0.1) is 16.4 Å². The van der Waals surface area contributed by atoms with Gasteiger partial charge in [0.15, 0.2) is 0 Å². The predicted octanol–water partition coefficient (Wildman–Crippen LogP) is 13.1. The molecular formula is C47H42N4OS. The summed E-state index contributed by atoms with van der Waals surface area (Å²) in [5, 5.41) is 16.7. The van der Waals surface area contributed by atoms with Crippen LogP contribution in [0.3, 0.4) is 0 Å². The van der Waals surface area contributed by atoms with E-state index in [1.807, 2.05) is 18.3 Å². The fourth-order valence-corrected chi connectivity index (χ4v) is 8.95. The Bertz CT molecular complexity index is 2880. The van der Waals surface area contributed by atoms with Crippen LogP contribution in [-0.2, 0) is 11.8 Å². The van der Waals surface area contributed by atoms with E-state index in [4.69, 9.17) is 14.8 Å². The minimum atomic E-state index is 0.00304.